The average molecular weight is 516 g/mol. The van der Waals surface area contributed by atoms with E-state index in [1.165, 1.54) is 19.2 Å². The Hall–Kier alpha value is -4.03. The Morgan fingerprint density at radius 1 is 1.00 bits per heavy atom. The first-order valence-corrected chi connectivity index (χ1v) is 10.1. The number of carbonyl (C=O) groups excluding carboxylic acids is 2. The van der Waals surface area contributed by atoms with Crippen molar-refractivity contribution in [3.63, 3.8) is 0 Å². The first kappa shape index (κ1) is 26.6. The van der Waals surface area contributed by atoms with Crippen molar-refractivity contribution in [2.24, 2.45) is 5.73 Å². The van der Waals surface area contributed by atoms with E-state index in [4.69, 9.17) is 14.9 Å². The topological polar surface area (TPSA) is 112 Å². The summed E-state index contributed by atoms with van der Waals surface area (Å²) in [5.74, 6) is -1.72. The molecule has 0 unspecified atom stereocenters. The molecule has 7 nitrogen and oxygen atoms in total. The third-order valence-corrected chi connectivity index (χ3v) is 5.15. The minimum Gasteiger partial charge on any atom is -0.497 e. The number of primary amides is 1. The van der Waals surface area contributed by atoms with Crippen LogP contribution < -0.4 is 21.4 Å². The quantitative estimate of drug-likeness (QED) is 0.368. The standard InChI is InChI=1S/C23H18F6N2O5/c1-35-15-2-3-16-12(8-20(33)36-18(16)10-15)7-17(21(30)34)31-19(32)6-11-4-13(22(24,25)26)9-14(5-11)23(27,28)29/h2-5,8-10,17H,6-7H2,1H3,(H2,30,34)(H,31,32)/t17-/m0/s1. The molecule has 0 spiro atoms. The van der Waals surface area contributed by atoms with Gasteiger partial charge >= 0.3 is 18.0 Å². The highest BCUT2D eigenvalue weighted by Crippen LogP contribution is 2.36. The maximum Gasteiger partial charge on any atom is 0.416 e. The average Bonchev–Trinajstić information content (AvgIpc) is 2.76. The van der Waals surface area contributed by atoms with Crippen molar-refractivity contribution in [3.8, 4) is 5.75 Å². The van der Waals surface area contributed by atoms with Gasteiger partial charge < -0.3 is 20.2 Å². The van der Waals surface area contributed by atoms with Crippen LogP contribution in [0.1, 0.15) is 22.3 Å². The van der Waals surface area contributed by atoms with E-state index < -0.39 is 58.9 Å². The third kappa shape index (κ3) is 6.34. The highest BCUT2D eigenvalue weighted by molar-refractivity contribution is 5.89. The van der Waals surface area contributed by atoms with E-state index in [9.17, 15) is 40.7 Å². The molecule has 0 radical (unpaired) electrons. The Bertz CT molecular complexity index is 1330. The summed E-state index contributed by atoms with van der Waals surface area (Å²) in [6.45, 7) is 0. The molecule has 2 aromatic carbocycles. The largest absolute Gasteiger partial charge is 0.497 e. The summed E-state index contributed by atoms with van der Waals surface area (Å²) < 4.78 is 88.6. The second-order valence-electron chi connectivity index (χ2n) is 7.77. The lowest BCUT2D eigenvalue weighted by atomic mass is 10.0. The summed E-state index contributed by atoms with van der Waals surface area (Å²) in [6, 6.07) is 4.91. The van der Waals surface area contributed by atoms with Gasteiger partial charge in [0.1, 0.15) is 17.4 Å². The predicted molar refractivity (Wildman–Crippen MR) is 114 cm³/mol. The number of nitrogens with two attached hydrogens (primary N) is 1. The van der Waals surface area contributed by atoms with Gasteiger partial charge in [0, 0.05) is 23.9 Å². The van der Waals surface area contributed by atoms with E-state index in [1.807, 2.05) is 0 Å². The fourth-order valence-corrected chi connectivity index (χ4v) is 3.50. The van der Waals surface area contributed by atoms with Gasteiger partial charge in [0.05, 0.1) is 24.7 Å². The number of ether oxygens (including phenoxy) is 1. The molecule has 0 fully saturated rings. The molecular formula is C23H18F6N2O5. The molecule has 3 N–H and O–H groups in total. The van der Waals surface area contributed by atoms with E-state index in [2.05, 4.69) is 5.32 Å². The van der Waals surface area contributed by atoms with Gasteiger partial charge in [-0.05, 0) is 41.5 Å². The summed E-state index contributed by atoms with van der Waals surface area (Å²) in [5, 5.41) is 2.60. The van der Waals surface area contributed by atoms with Gasteiger partial charge in [-0.1, -0.05) is 0 Å². The lowest BCUT2D eigenvalue weighted by Crippen LogP contribution is -2.46. The predicted octanol–water partition coefficient (Wildman–Crippen LogP) is 3.59. The van der Waals surface area contributed by atoms with Gasteiger partial charge in [-0.15, -0.1) is 0 Å². The number of nitrogens with one attached hydrogen (secondary N) is 1. The van der Waals surface area contributed by atoms with Crippen molar-refractivity contribution in [2.75, 3.05) is 7.11 Å². The molecule has 192 valence electrons. The number of methoxy groups -OCH3 is 1. The summed E-state index contributed by atoms with van der Waals surface area (Å²) >= 11 is 0. The zero-order chi connectivity index (χ0) is 26.8. The fourth-order valence-electron chi connectivity index (χ4n) is 3.50. The molecule has 1 aromatic heterocycles. The monoisotopic (exact) mass is 516 g/mol. The molecule has 13 heteroatoms. The molecular weight excluding hydrogens is 498 g/mol. The van der Waals surface area contributed by atoms with Crippen molar-refractivity contribution < 1.29 is 45.1 Å². The second-order valence-corrected chi connectivity index (χ2v) is 7.77. The van der Waals surface area contributed by atoms with Crippen molar-refractivity contribution >= 4 is 22.8 Å². The van der Waals surface area contributed by atoms with Crippen LogP contribution in [-0.4, -0.2) is 25.0 Å². The number of hydrogen-bond acceptors (Lipinski definition) is 5. The molecule has 0 bridgehead atoms. The van der Waals surface area contributed by atoms with Crippen LogP contribution in [0.4, 0.5) is 26.3 Å². The number of halogens is 6. The van der Waals surface area contributed by atoms with Crippen LogP contribution in [0.15, 0.2) is 51.7 Å². The first-order chi connectivity index (χ1) is 16.7. The van der Waals surface area contributed by atoms with Crippen LogP contribution >= 0.6 is 0 Å². The molecule has 36 heavy (non-hydrogen) atoms. The fraction of sp³-hybridized carbons (Fsp3) is 0.261. The zero-order valence-electron chi connectivity index (χ0n) is 18.4. The molecule has 2 amide bonds. The van der Waals surface area contributed by atoms with Gasteiger partial charge in [0.15, 0.2) is 0 Å². The highest BCUT2D eigenvalue weighted by Gasteiger charge is 2.37. The number of fused-ring (bicyclic) bond motifs is 1. The maximum atomic E-state index is 13.1. The van der Waals surface area contributed by atoms with E-state index in [-0.39, 0.29) is 23.6 Å². The van der Waals surface area contributed by atoms with Crippen LogP contribution in [0.5, 0.6) is 5.75 Å². The van der Waals surface area contributed by atoms with Gasteiger partial charge in [0.25, 0.3) is 0 Å². The first-order valence-electron chi connectivity index (χ1n) is 10.1. The number of amides is 2. The summed E-state index contributed by atoms with van der Waals surface area (Å²) in [4.78, 5) is 36.4. The van der Waals surface area contributed by atoms with Crippen LogP contribution in [0.25, 0.3) is 11.0 Å². The molecule has 0 saturated carbocycles. The van der Waals surface area contributed by atoms with Crippen LogP contribution in [0.3, 0.4) is 0 Å². The summed E-state index contributed by atoms with van der Waals surface area (Å²) in [7, 11) is 1.39. The molecule has 0 aliphatic heterocycles. The molecule has 0 saturated heterocycles. The summed E-state index contributed by atoms with van der Waals surface area (Å²) in [5.41, 5.74) is 1.21. The van der Waals surface area contributed by atoms with Gasteiger partial charge in [-0.3, -0.25) is 9.59 Å². The maximum absolute atomic E-state index is 13.1. The summed E-state index contributed by atoms with van der Waals surface area (Å²) in [6.07, 6.45) is -11.4. The SMILES string of the molecule is COc1ccc2c(C[C@H](NC(=O)Cc3cc(C(F)(F)F)cc(C(F)(F)F)c3)C(N)=O)cc(=O)oc2c1. The van der Waals surface area contributed by atoms with E-state index in [0.717, 1.165) is 6.07 Å². The van der Waals surface area contributed by atoms with Gasteiger partial charge in [-0.25, -0.2) is 4.79 Å². The lowest BCUT2D eigenvalue weighted by molar-refractivity contribution is -0.143. The van der Waals surface area contributed by atoms with Crippen LogP contribution in [0.2, 0.25) is 0 Å². The lowest BCUT2D eigenvalue weighted by Gasteiger charge is -2.18. The van der Waals surface area contributed by atoms with Crippen molar-refractivity contribution in [1.29, 1.82) is 0 Å². The van der Waals surface area contributed by atoms with Crippen LogP contribution in [0, 0.1) is 0 Å². The third-order valence-electron chi connectivity index (χ3n) is 5.15. The number of rotatable bonds is 7. The Kier molecular flexibility index (Phi) is 7.32. The molecule has 1 atom stereocenters. The number of benzene rings is 2. The molecule has 0 aliphatic rings. The Morgan fingerprint density at radius 2 is 1.61 bits per heavy atom. The number of hydrogen-bond donors (Lipinski definition) is 2. The Balaban J connectivity index is 1.87. The molecule has 3 rings (SSSR count). The smallest absolute Gasteiger partial charge is 0.416 e. The molecule has 0 aliphatic carbocycles. The molecule has 3 aromatic rings. The van der Waals surface area contributed by atoms with Crippen molar-refractivity contribution in [3.05, 3.63) is 75.1 Å². The van der Waals surface area contributed by atoms with E-state index in [0.29, 0.717) is 23.3 Å². The van der Waals surface area contributed by atoms with Crippen molar-refractivity contribution in [2.45, 2.75) is 31.2 Å². The normalized spacial score (nSPS) is 12.9. The zero-order valence-corrected chi connectivity index (χ0v) is 18.4. The second kappa shape index (κ2) is 9.91. The van der Waals surface area contributed by atoms with Gasteiger partial charge in [-0.2, -0.15) is 26.3 Å². The minimum atomic E-state index is -5.08. The minimum absolute atomic E-state index is 0.0608. The van der Waals surface area contributed by atoms with Crippen molar-refractivity contribution in [1.82, 2.24) is 5.32 Å². The molecule has 1 heterocycles. The van der Waals surface area contributed by atoms with E-state index in [1.54, 1.807) is 6.07 Å². The highest BCUT2D eigenvalue weighted by atomic mass is 19.4. The van der Waals surface area contributed by atoms with Crippen LogP contribution in [-0.2, 0) is 34.8 Å². The van der Waals surface area contributed by atoms with E-state index >= 15 is 0 Å². The number of alkyl halides is 6. The Morgan fingerprint density at radius 3 is 2.14 bits per heavy atom. The Labute approximate surface area is 198 Å². The van der Waals surface area contributed by atoms with Gasteiger partial charge in [0.2, 0.25) is 11.8 Å². The number of carbonyl (C=O) groups is 2.